The van der Waals surface area contributed by atoms with Crippen LogP contribution in [0.2, 0.25) is 5.02 Å². The number of carbonyl (C=O) groups is 1. The Labute approximate surface area is 225 Å². The number of aryl methyl sites for hydroxylation is 1. The molecule has 0 N–H and O–H groups in total. The second-order valence-corrected chi connectivity index (χ2v) is 9.43. The standard InChI is InChI=1S/C29H28ClN3O5/c1-16(2)22-14-23(17(3)11-25(22)36-5)28-32-24-10-8-7-9-21(24)29(35)33(28)31-15-19-12-20(30)13-26(37-6)27(19)38-18(4)34/h7-16H,1-6H3. The molecule has 0 saturated heterocycles. The number of esters is 1. The number of rotatable bonds is 7. The lowest BCUT2D eigenvalue weighted by Gasteiger charge is -2.17. The first-order chi connectivity index (χ1) is 18.1. The van der Waals surface area contributed by atoms with E-state index in [1.807, 2.05) is 25.1 Å². The van der Waals surface area contributed by atoms with Crippen LogP contribution in [0, 0.1) is 6.92 Å². The molecule has 0 fully saturated rings. The van der Waals surface area contributed by atoms with Gasteiger partial charge in [0, 0.05) is 29.1 Å². The Hall–Kier alpha value is -4.17. The molecule has 0 saturated carbocycles. The first-order valence-electron chi connectivity index (χ1n) is 12.0. The summed E-state index contributed by atoms with van der Waals surface area (Å²) < 4.78 is 17.6. The van der Waals surface area contributed by atoms with Crippen LogP contribution in [-0.4, -0.2) is 36.1 Å². The maximum Gasteiger partial charge on any atom is 0.308 e. The lowest BCUT2D eigenvalue weighted by atomic mass is 9.96. The summed E-state index contributed by atoms with van der Waals surface area (Å²) in [7, 11) is 3.07. The number of nitrogens with zero attached hydrogens (tertiary/aromatic N) is 3. The Kier molecular flexibility index (Phi) is 7.83. The van der Waals surface area contributed by atoms with Crippen molar-refractivity contribution >= 4 is 34.7 Å². The fourth-order valence-electron chi connectivity index (χ4n) is 4.18. The molecule has 0 aliphatic rings. The topological polar surface area (TPSA) is 92.0 Å². The molecule has 0 unspecified atom stereocenters. The summed E-state index contributed by atoms with van der Waals surface area (Å²) in [5, 5.41) is 5.28. The van der Waals surface area contributed by atoms with E-state index in [-0.39, 0.29) is 23.0 Å². The minimum absolute atomic E-state index is 0.138. The number of benzene rings is 3. The highest BCUT2D eigenvalue weighted by Crippen LogP contribution is 2.35. The Bertz CT molecular complexity index is 1630. The normalized spacial score (nSPS) is 11.4. The van der Waals surface area contributed by atoms with Gasteiger partial charge in [-0.25, -0.2) is 4.98 Å². The van der Waals surface area contributed by atoms with Crippen molar-refractivity contribution < 1.29 is 19.0 Å². The third-order valence-corrected chi connectivity index (χ3v) is 6.24. The number of fused-ring (bicyclic) bond motifs is 1. The van der Waals surface area contributed by atoms with Gasteiger partial charge in [-0.3, -0.25) is 9.59 Å². The molecule has 38 heavy (non-hydrogen) atoms. The zero-order valence-corrected chi connectivity index (χ0v) is 22.8. The summed E-state index contributed by atoms with van der Waals surface area (Å²) in [5.41, 5.74) is 3.12. The van der Waals surface area contributed by atoms with Crippen LogP contribution in [0.25, 0.3) is 22.3 Å². The van der Waals surface area contributed by atoms with Crippen molar-refractivity contribution in [3.63, 3.8) is 0 Å². The number of hydrogen-bond acceptors (Lipinski definition) is 7. The Morgan fingerprint density at radius 2 is 1.79 bits per heavy atom. The summed E-state index contributed by atoms with van der Waals surface area (Å²) in [5.74, 6) is 1.14. The molecule has 0 atom stereocenters. The van der Waals surface area contributed by atoms with E-state index in [0.717, 1.165) is 22.4 Å². The van der Waals surface area contributed by atoms with Crippen LogP contribution in [0.1, 0.15) is 43.4 Å². The smallest absolute Gasteiger partial charge is 0.308 e. The third-order valence-electron chi connectivity index (χ3n) is 6.02. The SMILES string of the molecule is COc1cc(C)c(-c2nc3ccccc3c(=O)n2N=Cc2cc(Cl)cc(OC)c2OC(C)=O)cc1C(C)C. The van der Waals surface area contributed by atoms with Gasteiger partial charge in [-0.15, -0.1) is 0 Å². The number of carbonyl (C=O) groups excluding carboxylic acids is 1. The summed E-state index contributed by atoms with van der Waals surface area (Å²) in [4.78, 5) is 30.3. The fourth-order valence-corrected chi connectivity index (χ4v) is 4.40. The largest absolute Gasteiger partial charge is 0.496 e. The average Bonchev–Trinajstić information content (AvgIpc) is 2.88. The maximum absolute atomic E-state index is 13.7. The van der Waals surface area contributed by atoms with Gasteiger partial charge >= 0.3 is 5.97 Å². The van der Waals surface area contributed by atoms with Crippen molar-refractivity contribution in [2.45, 2.75) is 33.6 Å². The first-order valence-corrected chi connectivity index (χ1v) is 12.3. The van der Waals surface area contributed by atoms with Gasteiger partial charge in [-0.1, -0.05) is 37.6 Å². The number of hydrogen-bond donors (Lipinski definition) is 0. The van der Waals surface area contributed by atoms with E-state index in [1.54, 1.807) is 31.4 Å². The van der Waals surface area contributed by atoms with Gasteiger partial charge < -0.3 is 14.2 Å². The molecule has 0 radical (unpaired) electrons. The predicted octanol–water partition coefficient (Wildman–Crippen LogP) is 5.97. The zero-order chi connectivity index (χ0) is 27.6. The van der Waals surface area contributed by atoms with Crippen LogP contribution < -0.4 is 19.8 Å². The fraction of sp³-hybridized carbons (Fsp3) is 0.241. The molecule has 0 spiro atoms. The molecule has 8 nitrogen and oxygen atoms in total. The molecule has 0 bridgehead atoms. The van der Waals surface area contributed by atoms with E-state index in [2.05, 4.69) is 18.9 Å². The lowest BCUT2D eigenvalue weighted by Crippen LogP contribution is -2.21. The number of halogens is 1. The summed E-state index contributed by atoms with van der Waals surface area (Å²) in [6.07, 6.45) is 1.40. The van der Waals surface area contributed by atoms with Gasteiger partial charge in [0.15, 0.2) is 17.3 Å². The number of ether oxygens (including phenoxy) is 3. The molecule has 4 aromatic rings. The molecule has 0 amide bonds. The van der Waals surface area contributed by atoms with Gasteiger partial charge in [-0.05, 0) is 54.3 Å². The Balaban J connectivity index is 2.01. The summed E-state index contributed by atoms with van der Waals surface area (Å²) >= 11 is 6.28. The second kappa shape index (κ2) is 11.1. The molecule has 9 heteroatoms. The molecular weight excluding hydrogens is 506 g/mol. The monoisotopic (exact) mass is 533 g/mol. The van der Waals surface area contributed by atoms with Gasteiger partial charge in [0.2, 0.25) is 0 Å². The molecular formula is C29H28ClN3O5. The van der Waals surface area contributed by atoms with Crippen molar-refractivity contribution in [3.8, 4) is 28.6 Å². The van der Waals surface area contributed by atoms with Gasteiger partial charge in [-0.2, -0.15) is 9.78 Å². The van der Waals surface area contributed by atoms with Crippen LogP contribution in [0.4, 0.5) is 0 Å². The minimum Gasteiger partial charge on any atom is -0.496 e. The average molecular weight is 534 g/mol. The maximum atomic E-state index is 13.7. The van der Waals surface area contributed by atoms with E-state index in [0.29, 0.717) is 27.3 Å². The molecule has 0 aliphatic heterocycles. The summed E-state index contributed by atoms with van der Waals surface area (Å²) in [6.45, 7) is 7.35. The number of methoxy groups -OCH3 is 2. The lowest BCUT2D eigenvalue weighted by molar-refractivity contribution is -0.132. The number of aromatic nitrogens is 2. The van der Waals surface area contributed by atoms with Crippen LogP contribution in [0.15, 0.2) is 58.4 Å². The highest BCUT2D eigenvalue weighted by molar-refractivity contribution is 6.31. The van der Waals surface area contributed by atoms with Crippen LogP contribution >= 0.6 is 11.6 Å². The van der Waals surface area contributed by atoms with E-state index in [4.69, 9.17) is 30.8 Å². The predicted molar refractivity (Wildman–Crippen MR) is 149 cm³/mol. The Morgan fingerprint density at radius 3 is 2.45 bits per heavy atom. The summed E-state index contributed by atoms with van der Waals surface area (Å²) in [6, 6.07) is 14.1. The van der Waals surface area contributed by atoms with Crippen LogP contribution in [-0.2, 0) is 4.79 Å². The van der Waals surface area contributed by atoms with E-state index >= 15 is 0 Å². The minimum atomic E-state index is -0.541. The highest BCUT2D eigenvalue weighted by Gasteiger charge is 2.19. The molecule has 196 valence electrons. The van der Waals surface area contributed by atoms with Gasteiger partial charge in [0.05, 0.1) is 31.3 Å². The quantitative estimate of drug-likeness (QED) is 0.165. The molecule has 3 aromatic carbocycles. The molecule has 4 rings (SSSR count). The zero-order valence-electron chi connectivity index (χ0n) is 22.0. The van der Waals surface area contributed by atoms with Crippen LogP contribution in [0.5, 0.6) is 17.2 Å². The van der Waals surface area contributed by atoms with E-state index in [9.17, 15) is 9.59 Å². The third kappa shape index (κ3) is 5.26. The molecule has 1 heterocycles. The van der Waals surface area contributed by atoms with E-state index in [1.165, 1.54) is 31.0 Å². The first kappa shape index (κ1) is 26.9. The number of para-hydroxylation sites is 1. The van der Waals surface area contributed by atoms with Crippen molar-refractivity contribution in [1.82, 2.24) is 9.66 Å². The second-order valence-electron chi connectivity index (χ2n) is 9.00. The molecule has 0 aliphatic carbocycles. The Morgan fingerprint density at radius 1 is 1.08 bits per heavy atom. The highest BCUT2D eigenvalue weighted by atomic mass is 35.5. The van der Waals surface area contributed by atoms with Gasteiger partial charge in [0.25, 0.3) is 5.56 Å². The van der Waals surface area contributed by atoms with Crippen molar-refractivity contribution in [2.75, 3.05) is 14.2 Å². The van der Waals surface area contributed by atoms with Crippen molar-refractivity contribution in [2.24, 2.45) is 5.10 Å². The van der Waals surface area contributed by atoms with Gasteiger partial charge in [0.1, 0.15) is 5.75 Å². The molecule has 1 aromatic heterocycles. The van der Waals surface area contributed by atoms with Crippen molar-refractivity contribution in [1.29, 1.82) is 0 Å². The van der Waals surface area contributed by atoms with Crippen LogP contribution in [0.3, 0.4) is 0 Å². The van der Waals surface area contributed by atoms with E-state index < -0.39 is 5.97 Å². The van der Waals surface area contributed by atoms with Crippen molar-refractivity contribution in [3.05, 3.63) is 80.6 Å².